The highest BCUT2D eigenvalue weighted by atomic mass is 31.0. The standard InChI is InChI=1S/CH6N3P.H2O/c2-1(3)4-5;/h5H2,(H4,2,3,4);1H2. The fourth-order valence-corrected chi connectivity index (χ4v) is 0. The van der Waals surface area contributed by atoms with E-state index < -0.39 is 0 Å². The Morgan fingerprint density at radius 3 is 1.67 bits per heavy atom. The van der Waals surface area contributed by atoms with E-state index in [1.54, 1.807) is 0 Å². The Morgan fingerprint density at radius 2 is 1.67 bits per heavy atom. The van der Waals surface area contributed by atoms with Crippen molar-refractivity contribution in [1.29, 1.82) is 0 Å². The van der Waals surface area contributed by atoms with E-state index in [2.05, 4.69) is 4.76 Å². The van der Waals surface area contributed by atoms with Gasteiger partial charge in [0.25, 0.3) is 0 Å². The van der Waals surface area contributed by atoms with Crippen molar-refractivity contribution < 1.29 is 5.48 Å². The van der Waals surface area contributed by atoms with Gasteiger partial charge in [0.05, 0.1) is 0 Å². The molecule has 0 amide bonds. The lowest BCUT2D eigenvalue weighted by Gasteiger charge is -1.76. The molecule has 0 spiro atoms. The molecule has 0 saturated carbocycles. The van der Waals surface area contributed by atoms with Crippen molar-refractivity contribution in [2.75, 3.05) is 0 Å². The van der Waals surface area contributed by atoms with Crippen LogP contribution in [0.5, 0.6) is 0 Å². The van der Waals surface area contributed by atoms with Gasteiger partial charge in [-0.1, -0.05) is 0 Å². The molecule has 0 aliphatic rings. The second-order valence-corrected chi connectivity index (χ2v) is 0.812. The van der Waals surface area contributed by atoms with E-state index >= 15 is 0 Å². The molecule has 0 aromatic heterocycles. The van der Waals surface area contributed by atoms with Crippen LogP contribution in [-0.2, 0) is 0 Å². The maximum absolute atomic E-state index is 4.80. The maximum atomic E-state index is 4.80. The SMILES string of the molecule is NC(N)=NP.O. The van der Waals surface area contributed by atoms with Crippen LogP contribution < -0.4 is 11.5 Å². The van der Waals surface area contributed by atoms with E-state index in [9.17, 15) is 0 Å². The Hall–Kier alpha value is -0.340. The fourth-order valence-electron chi connectivity index (χ4n) is 0. The zero-order valence-electron chi connectivity index (χ0n) is 3.18. The smallest absolute Gasteiger partial charge is 0.189 e. The van der Waals surface area contributed by atoms with Crippen LogP contribution in [0.15, 0.2) is 4.76 Å². The summed E-state index contributed by atoms with van der Waals surface area (Å²) in [7, 11) is 2.03. The zero-order chi connectivity index (χ0) is 4.28. The Balaban J connectivity index is 0. The minimum Gasteiger partial charge on any atom is -0.412 e. The van der Waals surface area contributed by atoms with Crippen molar-refractivity contribution in [3.05, 3.63) is 0 Å². The Kier molecular flexibility index (Phi) is 7.13. The molecule has 0 aromatic rings. The molecule has 0 aliphatic heterocycles. The van der Waals surface area contributed by atoms with Crippen molar-refractivity contribution in [3.63, 3.8) is 0 Å². The number of nitrogens with zero attached hydrogens (tertiary/aromatic N) is 1. The highest BCUT2D eigenvalue weighted by molar-refractivity contribution is 7.15. The maximum Gasteiger partial charge on any atom is 0.189 e. The summed E-state index contributed by atoms with van der Waals surface area (Å²) in [5.41, 5.74) is 9.60. The lowest BCUT2D eigenvalue weighted by Crippen LogP contribution is -2.20. The quantitative estimate of drug-likeness (QED) is 0.218. The molecule has 6 N–H and O–H groups in total. The molecule has 5 heteroatoms. The minimum atomic E-state index is 0. The second kappa shape index (κ2) is 4.66. The zero-order valence-corrected chi connectivity index (χ0v) is 4.33. The first-order valence-corrected chi connectivity index (χ1v) is 1.58. The van der Waals surface area contributed by atoms with Crippen LogP contribution in [0.4, 0.5) is 0 Å². The predicted molar refractivity (Wildman–Crippen MR) is 29.1 cm³/mol. The van der Waals surface area contributed by atoms with E-state index in [1.807, 2.05) is 9.39 Å². The lowest BCUT2D eigenvalue weighted by atomic mass is 11.1. The third-order valence-corrected chi connectivity index (χ3v) is 0.447. The third kappa shape index (κ3) is 9.40. The first kappa shape index (κ1) is 9.18. The highest BCUT2D eigenvalue weighted by Crippen LogP contribution is 1.73. The molecule has 0 fully saturated rings. The van der Waals surface area contributed by atoms with Crippen LogP contribution in [0.2, 0.25) is 0 Å². The Morgan fingerprint density at radius 1 is 1.50 bits per heavy atom. The van der Waals surface area contributed by atoms with Gasteiger partial charge in [0.2, 0.25) is 0 Å². The monoisotopic (exact) mass is 109 g/mol. The van der Waals surface area contributed by atoms with Crippen molar-refractivity contribution in [2.24, 2.45) is 16.2 Å². The molecule has 6 heavy (non-hydrogen) atoms. The van der Waals surface area contributed by atoms with Gasteiger partial charge in [-0.05, 0) is 9.39 Å². The fraction of sp³-hybridized carbons (Fsp3) is 0. The van der Waals surface area contributed by atoms with Gasteiger partial charge in [-0.3, -0.25) is 0 Å². The summed E-state index contributed by atoms with van der Waals surface area (Å²) < 4.78 is 3.28. The van der Waals surface area contributed by atoms with E-state index in [1.165, 1.54) is 0 Å². The average Bonchev–Trinajstić information content (AvgIpc) is 1.38. The summed E-state index contributed by atoms with van der Waals surface area (Å²) >= 11 is 0. The van der Waals surface area contributed by atoms with Crippen LogP contribution in [0.1, 0.15) is 0 Å². The second-order valence-electron chi connectivity index (χ2n) is 0.554. The van der Waals surface area contributed by atoms with Gasteiger partial charge < -0.3 is 16.9 Å². The predicted octanol–water partition coefficient (Wildman–Crippen LogP) is -1.77. The first-order valence-electron chi connectivity index (χ1n) is 1.06. The topological polar surface area (TPSA) is 95.9 Å². The van der Waals surface area contributed by atoms with Crippen molar-refractivity contribution in [1.82, 2.24) is 0 Å². The van der Waals surface area contributed by atoms with Gasteiger partial charge in [-0.2, -0.15) is 0 Å². The molecule has 1 unspecified atom stereocenters. The molecular formula is CH8N3OP. The van der Waals surface area contributed by atoms with Gasteiger partial charge in [-0.25, -0.2) is 4.76 Å². The Bertz CT molecular complexity index is 48.8. The third-order valence-electron chi connectivity index (χ3n) is 0.149. The molecule has 1 atom stereocenters. The van der Waals surface area contributed by atoms with Crippen molar-refractivity contribution >= 4 is 15.4 Å². The summed E-state index contributed by atoms with van der Waals surface area (Å²) in [6.07, 6.45) is 0. The normalized spacial score (nSPS) is 5.50. The van der Waals surface area contributed by atoms with E-state index in [0.717, 1.165) is 0 Å². The largest absolute Gasteiger partial charge is 0.412 e. The van der Waals surface area contributed by atoms with Crippen LogP contribution in [0.3, 0.4) is 0 Å². The van der Waals surface area contributed by atoms with Crippen molar-refractivity contribution in [2.45, 2.75) is 0 Å². The molecule has 0 rings (SSSR count). The van der Waals surface area contributed by atoms with Gasteiger partial charge >= 0.3 is 0 Å². The van der Waals surface area contributed by atoms with Crippen LogP contribution in [-0.4, -0.2) is 11.4 Å². The van der Waals surface area contributed by atoms with E-state index in [-0.39, 0.29) is 11.4 Å². The number of guanidine groups is 1. The molecule has 38 valence electrons. The van der Waals surface area contributed by atoms with E-state index in [4.69, 9.17) is 11.5 Å². The highest BCUT2D eigenvalue weighted by Gasteiger charge is 1.61. The first-order chi connectivity index (χ1) is 2.27. The van der Waals surface area contributed by atoms with Gasteiger partial charge in [0, 0.05) is 0 Å². The molecule has 0 bridgehead atoms. The average molecular weight is 109 g/mol. The van der Waals surface area contributed by atoms with Crippen molar-refractivity contribution in [3.8, 4) is 0 Å². The number of nitrogens with two attached hydrogens (primary N) is 2. The van der Waals surface area contributed by atoms with Gasteiger partial charge in [0.15, 0.2) is 5.96 Å². The summed E-state index contributed by atoms with van der Waals surface area (Å²) in [4.78, 5) is 0. The summed E-state index contributed by atoms with van der Waals surface area (Å²) in [5, 5.41) is 0. The number of hydrogen-bond acceptors (Lipinski definition) is 1. The van der Waals surface area contributed by atoms with Crippen LogP contribution in [0, 0.1) is 0 Å². The summed E-state index contributed by atoms with van der Waals surface area (Å²) in [6, 6.07) is 0. The molecule has 0 aromatic carbocycles. The van der Waals surface area contributed by atoms with Gasteiger partial charge in [-0.15, -0.1) is 0 Å². The van der Waals surface area contributed by atoms with E-state index in [0.29, 0.717) is 0 Å². The molecule has 0 saturated heterocycles. The van der Waals surface area contributed by atoms with Crippen LogP contribution >= 0.6 is 9.39 Å². The Labute approximate surface area is 38.2 Å². The van der Waals surface area contributed by atoms with Crippen LogP contribution in [0.25, 0.3) is 0 Å². The minimum absolute atomic E-state index is 0. The number of hydrogen-bond donors (Lipinski definition) is 2. The molecule has 0 heterocycles. The lowest BCUT2D eigenvalue weighted by molar-refractivity contribution is 0.824. The summed E-state index contributed by atoms with van der Waals surface area (Å²) in [6.45, 7) is 0. The molecule has 4 nitrogen and oxygen atoms in total. The number of rotatable bonds is 0. The van der Waals surface area contributed by atoms with Gasteiger partial charge in [0.1, 0.15) is 0 Å². The molecule has 0 radical (unpaired) electrons. The summed E-state index contributed by atoms with van der Waals surface area (Å²) in [5.74, 6) is 0.0926. The molecular weight excluding hydrogens is 101 g/mol. The molecule has 0 aliphatic carbocycles.